The summed E-state index contributed by atoms with van der Waals surface area (Å²) in [6.45, 7) is 1.87. The lowest BCUT2D eigenvalue weighted by atomic mass is 10.0. The van der Waals surface area contributed by atoms with Crippen LogP contribution in [0.15, 0.2) is 18.5 Å². The number of rotatable bonds is 2. The van der Waals surface area contributed by atoms with Crippen LogP contribution in [0.25, 0.3) is 5.57 Å². The topological polar surface area (TPSA) is 38.2 Å². The lowest BCUT2D eigenvalue weighted by Gasteiger charge is -2.28. The summed E-state index contributed by atoms with van der Waals surface area (Å²) in [5.74, 6) is 0. The van der Waals surface area contributed by atoms with Crippen LogP contribution in [0.3, 0.4) is 0 Å². The normalized spacial score (nSPS) is 17.3. The second-order valence-electron chi connectivity index (χ2n) is 3.51. The largest absolute Gasteiger partial charge is 0.467 e. The SMILES string of the molecule is [CH2-]N1CC=C(c2cnc(OC)nc2)CC1. The molecule has 0 amide bonds. The molecule has 4 nitrogen and oxygen atoms in total. The van der Waals surface area contributed by atoms with Gasteiger partial charge in [-0.2, -0.15) is 0 Å². The monoisotopic (exact) mass is 204 g/mol. The Hall–Kier alpha value is -1.42. The fourth-order valence-corrected chi connectivity index (χ4v) is 1.56. The maximum Gasteiger partial charge on any atom is 0.316 e. The van der Waals surface area contributed by atoms with Crippen molar-refractivity contribution in [2.24, 2.45) is 0 Å². The first-order chi connectivity index (χ1) is 7.29. The van der Waals surface area contributed by atoms with Crippen molar-refractivity contribution < 1.29 is 4.74 Å². The average molecular weight is 204 g/mol. The van der Waals surface area contributed by atoms with Gasteiger partial charge in [0.1, 0.15) is 0 Å². The van der Waals surface area contributed by atoms with Crippen LogP contribution in [0, 0.1) is 7.05 Å². The molecule has 0 aromatic carbocycles. The highest BCUT2D eigenvalue weighted by atomic mass is 16.5. The Kier molecular flexibility index (Phi) is 2.97. The van der Waals surface area contributed by atoms with Gasteiger partial charge in [0.25, 0.3) is 0 Å². The van der Waals surface area contributed by atoms with Gasteiger partial charge in [0, 0.05) is 18.0 Å². The van der Waals surface area contributed by atoms with E-state index in [0.717, 1.165) is 25.1 Å². The number of nitrogens with zero attached hydrogens (tertiary/aromatic N) is 3. The van der Waals surface area contributed by atoms with E-state index in [1.165, 1.54) is 5.57 Å². The van der Waals surface area contributed by atoms with Crippen LogP contribution in [0.4, 0.5) is 0 Å². The van der Waals surface area contributed by atoms with E-state index in [2.05, 4.69) is 23.1 Å². The van der Waals surface area contributed by atoms with E-state index in [1.807, 2.05) is 4.90 Å². The van der Waals surface area contributed by atoms with Gasteiger partial charge in [-0.1, -0.05) is 6.08 Å². The second-order valence-corrected chi connectivity index (χ2v) is 3.51. The number of aromatic nitrogens is 2. The van der Waals surface area contributed by atoms with E-state index in [9.17, 15) is 0 Å². The second kappa shape index (κ2) is 4.40. The van der Waals surface area contributed by atoms with E-state index < -0.39 is 0 Å². The van der Waals surface area contributed by atoms with Gasteiger partial charge in [-0.05, 0) is 25.1 Å². The van der Waals surface area contributed by atoms with Gasteiger partial charge in [0.15, 0.2) is 0 Å². The van der Waals surface area contributed by atoms with Crippen molar-refractivity contribution in [3.05, 3.63) is 31.1 Å². The standard InChI is InChI=1S/C11H14N3O/c1-14-5-3-9(4-6-14)10-7-12-11(15-2)13-8-10/h3,7-8H,1,4-6H2,2H3/q-1. The zero-order valence-electron chi connectivity index (χ0n) is 8.81. The van der Waals surface area contributed by atoms with Crippen LogP contribution in [-0.4, -0.2) is 35.1 Å². The smallest absolute Gasteiger partial charge is 0.316 e. The summed E-state index contributed by atoms with van der Waals surface area (Å²) >= 11 is 0. The zero-order valence-corrected chi connectivity index (χ0v) is 8.81. The van der Waals surface area contributed by atoms with Crippen molar-refractivity contribution in [2.75, 3.05) is 20.2 Å². The molecule has 0 saturated heterocycles. The zero-order chi connectivity index (χ0) is 10.7. The van der Waals surface area contributed by atoms with Gasteiger partial charge >= 0.3 is 6.01 Å². The van der Waals surface area contributed by atoms with Gasteiger partial charge in [-0.15, -0.1) is 0 Å². The lowest BCUT2D eigenvalue weighted by Crippen LogP contribution is -2.21. The van der Waals surface area contributed by atoms with Gasteiger partial charge in [-0.3, -0.25) is 7.05 Å². The van der Waals surface area contributed by atoms with Crippen molar-refractivity contribution in [3.63, 3.8) is 0 Å². The Balaban J connectivity index is 2.16. The van der Waals surface area contributed by atoms with E-state index in [-0.39, 0.29) is 0 Å². The molecule has 2 rings (SSSR count). The van der Waals surface area contributed by atoms with Crippen LogP contribution in [0.5, 0.6) is 6.01 Å². The molecule has 2 heterocycles. The third-order valence-electron chi connectivity index (χ3n) is 2.47. The summed E-state index contributed by atoms with van der Waals surface area (Å²) in [6, 6.07) is 0.411. The van der Waals surface area contributed by atoms with Gasteiger partial charge < -0.3 is 9.64 Å². The summed E-state index contributed by atoms with van der Waals surface area (Å²) in [7, 11) is 5.46. The molecule has 0 aliphatic carbocycles. The first-order valence-corrected chi connectivity index (χ1v) is 4.90. The summed E-state index contributed by atoms with van der Waals surface area (Å²) in [5.41, 5.74) is 2.36. The van der Waals surface area contributed by atoms with Gasteiger partial charge in [-0.25, -0.2) is 9.97 Å². The maximum absolute atomic E-state index is 4.91. The molecular weight excluding hydrogens is 190 g/mol. The fourth-order valence-electron chi connectivity index (χ4n) is 1.56. The molecule has 1 aliphatic rings. The Morgan fingerprint density at radius 3 is 2.67 bits per heavy atom. The minimum Gasteiger partial charge on any atom is -0.467 e. The Bertz CT molecular complexity index is 359. The minimum atomic E-state index is 0.411. The molecule has 0 bridgehead atoms. The minimum absolute atomic E-state index is 0.411. The Morgan fingerprint density at radius 2 is 2.13 bits per heavy atom. The van der Waals surface area contributed by atoms with Crippen LogP contribution in [0.1, 0.15) is 12.0 Å². The fraction of sp³-hybridized carbons (Fsp3) is 0.364. The molecular formula is C11H14N3O-. The van der Waals surface area contributed by atoms with Crippen molar-refractivity contribution in [1.29, 1.82) is 0 Å². The quantitative estimate of drug-likeness (QED) is 0.682. The highest BCUT2D eigenvalue weighted by Crippen LogP contribution is 2.21. The summed E-state index contributed by atoms with van der Waals surface area (Å²) in [4.78, 5) is 10.2. The summed E-state index contributed by atoms with van der Waals surface area (Å²) in [5, 5.41) is 0. The third-order valence-corrected chi connectivity index (χ3v) is 2.47. The molecule has 15 heavy (non-hydrogen) atoms. The van der Waals surface area contributed by atoms with E-state index in [1.54, 1.807) is 19.5 Å². The van der Waals surface area contributed by atoms with E-state index >= 15 is 0 Å². The number of ether oxygens (including phenoxy) is 1. The van der Waals surface area contributed by atoms with Crippen molar-refractivity contribution in [3.8, 4) is 6.01 Å². The van der Waals surface area contributed by atoms with Crippen molar-refractivity contribution in [2.45, 2.75) is 6.42 Å². The molecule has 0 radical (unpaired) electrons. The highest BCUT2D eigenvalue weighted by molar-refractivity contribution is 5.65. The van der Waals surface area contributed by atoms with Crippen molar-refractivity contribution >= 4 is 5.57 Å². The molecule has 0 N–H and O–H groups in total. The lowest BCUT2D eigenvalue weighted by molar-refractivity contribution is 0.379. The molecule has 0 spiro atoms. The molecule has 1 aromatic heterocycles. The van der Waals surface area contributed by atoms with Crippen LogP contribution < -0.4 is 4.74 Å². The molecule has 1 aromatic rings. The maximum atomic E-state index is 4.91. The van der Waals surface area contributed by atoms with E-state index in [4.69, 9.17) is 4.74 Å². The molecule has 0 unspecified atom stereocenters. The number of hydrogen-bond acceptors (Lipinski definition) is 4. The molecule has 0 saturated carbocycles. The predicted molar refractivity (Wildman–Crippen MR) is 58.1 cm³/mol. The molecule has 80 valence electrons. The van der Waals surface area contributed by atoms with Crippen molar-refractivity contribution in [1.82, 2.24) is 14.9 Å². The Labute approximate surface area is 89.6 Å². The summed E-state index contributed by atoms with van der Waals surface area (Å²) in [6.07, 6.45) is 6.77. The third kappa shape index (κ3) is 2.33. The number of methoxy groups -OCH3 is 1. The average Bonchev–Trinajstić information content (AvgIpc) is 2.30. The summed E-state index contributed by atoms with van der Waals surface area (Å²) < 4.78 is 4.91. The molecule has 0 atom stereocenters. The van der Waals surface area contributed by atoms with Crippen LogP contribution in [-0.2, 0) is 0 Å². The van der Waals surface area contributed by atoms with Crippen LogP contribution in [0.2, 0.25) is 0 Å². The van der Waals surface area contributed by atoms with E-state index in [0.29, 0.717) is 6.01 Å². The first-order valence-electron chi connectivity index (χ1n) is 4.90. The first kappa shape index (κ1) is 10.1. The van der Waals surface area contributed by atoms with Gasteiger partial charge in [0.05, 0.1) is 7.11 Å². The predicted octanol–water partition coefficient (Wildman–Crippen LogP) is 1.37. The highest BCUT2D eigenvalue weighted by Gasteiger charge is 2.07. The van der Waals surface area contributed by atoms with Crippen LogP contribution >= 0.6 is 0 Å². The molecule has 1 aliphatic heterocycles. The molecule has 0 fully saturated rings. The van der Waals surface area contributed by atoms with Gasteiger partial charge in [0.2, 0.25) is 0 Å². The Morgan fingerprint density at radius 1 is 1.40 bits per heavy atom. The molecule has 4 heteroatoms. The number of hydrogen-bond donors (Lipinski definition) is 0.